The van der Waals surface area contributed by atoms with Crippen LogP contribution in [0.3, 0.4) is 0 Å². The normalized spacial score (nSPS) is 20.2. The molecule has 0 spiro atoms. The van der Waals surface area contributed by atoms with Crippen molar-refractivity contribution in [3.8, 4) is 0 Å². The molecule has 2 fully saturated rings. The van der Waals surface area contributed by atoms with Crippen LogP contribution in [0.1, 0.15) is 32.1 Å². The van der Waals surface area contributed by atoms with Gasteiger partial charge in [-0.15, -0.1) is 11.3 Å². The Hall–Kier alpha value is -1.14. The van der Waals surface area contributed by atoms with Gasteiger partial charge in [0.05, 0.1) is 6.10 Å². The number of nitrogens with zero attached hydrogens (tertiary/aromatic N) is 2. The number of aromatic nitrogens is 1. The standard InChI is InChI=1S/C7H13NO.C6H8N2OS/c9-6-8-7-4-2-1-3-5-7;9-5-3-8(4-5)6-7-1-2-10-6/h6-7H,1-5H2,(H,8,9);1-2,5,9H,3-4H2. The fourth-order valence-corrected chi connectivity index (χ4v) is 3.01. The maximum absolute atomic E-state index is 9.96. The van der Waals surface area contributed by atoms with Gasteiger partial charge in [0.1, 0.15) is 0 Å². The number of anilines is 1. The first-order valence-corrected chi connectivity index (χ1v) is 7.69. The van der Waals surface area contributed by atoms with E-state index in [0.29, 0.717) is 6.04 Å². The van der Waals surface area contributed by atoms with Crippen LogP contribution in [0, 0.1) is 0 Å². The monoisotopic (exact) mass is 283 g/mol. The quantitative estimate of drug-likeness (QED) is 0.823. The summed E-state index contributed by atoms with van der Waals surface area (Å²) in [5.74, 6) is 0. The van der Waals surface area contributed by atoms with Crippen molar-refractivity contribution in [2.45, 2.75) is 44.2 Å². The summed E-state index contributed by atoms with van der Waals surface area (Å²) >= 11 is 1.61. The van der Waals surface area contributed by atoms with Gasteiger partial charge >= 0.3 is 0 Å². The lowest BCUT2D eigenvalue weighted by molar-refractivity contribution is -0.110. The summed E-state index contributed by atoms with van der Waals surface area (Å²) in [5.41, 5.74) is 0. The summed E-state index contributed by atoms with van der Waals surface area (Å²) in [7, 11) is 0. The average molecular weight is 283 g/mol. The molecule has 1 aliphatic heterocycles. The molecule has 0 atom stereocenters. The van der Waals surface area contributed by atoms with E-state index in [1.54, 1.807) is 17.5 Å². The first-order chi connectivity index (χ1) is 9.29. The number of hydrogen-bond acceptors (Lipinski definition) is 5. The second-order valence-electron chi connectivity index (χ2n) is 4.99. The van der Waals surface area contributed by atoms with Gasteiger partial charge in [-0.05, 0) is 12.8 Å². The number of nitrogens with one attached hydrogen (secondary N) is 1. The molecule has 3 rings (SSSR count). The molecule has 2 heterocycles. The Labute approximate surface area is 117 Å². The molecule has 0 bridgehead atoms. The van der Waals surface area contributed by atoms with E-state index in [1.807, 2.05) is 5.38 Å². The minimum Gasteiger partial charge on any atom is -0.389 e. The zero-order chi connectivity index (χ0) is 13.5. The molecule has 1 aromatic heterocycles. The van der Waals surface area contributed by atoms with Crippen molar-refractivity contribution in [1.82, 2.24) is 10.3 Å². The lowest BCUT2D eigenvalue weighted by atomic mass is 9.96. The molecule has 1 aliphatic carbocycles. The molecule has 0 radical (unpaired) electrons. The first kappa shape index (κ1) is 14.3. The van der Waals surface area contributed by atoms with E-state index in [-0.39, 0.29) is 6.10 Å². The van der Waals surface area contributed by atoms with Gasteiger partial charge in [-0.1, -0.05) is 19.3 Å². The van der Waals surface area contributed by atoms with Crippen molar-refractivity contribution in [2.75, 3.05) is 18.0 Å². The fourth-order valence-electron chi connectivity index (χ4n) is 2.35. The topological polar surface area (TPSA) is 65.5 Å². The third-order valence-electron chi connectivity index (χ3n) is 3.46. The van der Waals surface area contributed by atoms with Gasteiger partial charge in [0.15, 0.2) is 5.13 Å². The third-order valence-corrected chi connectivity index (χ3v) is 4.29. The van der Waals surface area contributed by atoms with E-state index >= 15 is 0 Å². The molecule has 0 unspecified atom stereocenters. The molecule has 6 heteroatoms. The predicted molar refractivity (Wildman–Crippen MR) is 76.4 cm³/mol. The minimum atomic E-state index is -0.135. The lowest BCUT2D eigenvalue weighted by Crippen LogP contribution is -2.50. The van der Waals surface area contributed by atoms with Crippen LogP contribution in [0.25, 0.3) is 0 Å². The molecule has 1 aromatic rings. The highest BCUT2D eigenvalue weighted by Gasteiger charge is 2.25. The molecule has 1 saturated carbocycles. The molecule has 2 N–H and O–H groups in total. The number of aliphatic hydroxyl groups is 1. The van der Waals surface area contributed by atoms with Gasteiger partial charge in [-0.25, -0.2) is 4.98 Å². The molecular weight excluding hydrogens is 262 g/mol. The molecular formula is C13H21N3O2S. The molecule has 2 aliphatic rings. The fraction of sp³-hybridized carbons (Fsp3) is 0.692. The third kappa shape index (κ3) is 4.47. The van der Waals surface area contributed by atoms with Crippen LogP contribution in [0.15, 0.2) is 11.6 Å². The van der Waals surface area contributed by atoms with E-state index in [2.05, 4.69) is 15.2 Å². The lowest BCUT2D eigenvalue weighted by Gasteiger charge is -2.35. The number of rotatable bonds is 3. The van der Waals surface area contributed by atoms with Crippen molar-refractivity contribution in [3.63, 3.8) is 0 Å². The molecule has 1 saturated heterocycles. The van der Waals surface area contributed by atoms with Gasteiger partial charge in [-0.3, -0.25) is 4.79 Å². The Bertz CT molecular complexity index is 360. The molecule has 5 nitrogen and oxygen atoms in total. The zero-order valence-corrected chi connectivity index (χ0v) is 11.8. The van der Waals surface area contributed by atoms with Crippen LogP contribution in [-0.2, 0) is 4.79 Å². The second kappa shape index (κ2) is 7.45. The summed E-state index contributed by atoms with van der Waals surface area (Å²) in [6, 6.07) is 0.483. The van der Waals surface area contributed by atoms with Gasteiger partial charge < -0.3 is 15.3 Å². The summed E-state index contributed by atoms with van der Waals surface area (Å²) < 4.78 is 0. The van der Waals surface area contributed by atoms with Gasteiger partial charge in [0.2, 0.25) is 6.41 Å². The van der Waals surface area contributed by atoms with Crippen LogP contribution in [0.4, 0.5) is 5.13 Å². The van der Waals surface area contributed by atoms with Crippen LogP contribution >= 0.6 is 11.3 Å². The Morgan fingerprint density at radius 2 is 2.11 bits per heavy atom. The van der Waals surface area contributed by atoms with Crippen LogP contribution in [0.2, 0.25) is 0 Å². The number of aliphatic hydroxyl groups excluding tert-OH is 1. The SMILES string of the molecule is O=CNC1CCCCC1.OC1CN(c2nccs2)C1. The van der Waals surface area contributed by atoms with Crippen molar-refractivity contribution in [1.29, 1.82) is 0 Å². The van der Waals surface area contributed by atoms with Crippen LogP contribution in [-0.4, -0.2) is 41.7 Å². The number of amides is 1. The maximum Gasteiger partial charge on any atom is 0.207 e. The first-order valence-electron chi connectivity index (χ1n) is 6.82. The minimum absolute atomic E-state index is 0.135. The van der Waals surface area contributed by atoms with Gasteiger partial charge in [0, 0.05) is 30.7 Å². The number of carbonyl (C=O) groups is 1. The number of hydrogen-bond donors (Lipinski definition) is 2. The predicted octanol–water partition coefficient (Wildman–Crippen LogP) is 1.39. The van der Waals surface area contributed by atoms with Gasteiger partial charge in [-0.2, -0.15) is 0 Å². The van der Waals surface area contributed by atoms with Crippen LogP contribution in [0.5, 0.6) is 0 Å². The molecule has 0 aromatic carbocycles. The summed E-state index contributed by atoms with van der Waals surface area (Å²) in [6.45, 7) is 1.49. The second-order valence-corrected chi connectivity index (χ2v) is 5.87. The molecule has 1 amide bonds. The smallest absolute Gasteiger partial charge is 0.207 e. The van der Waals surface area contributed by atoms with Crippen LogP contribution < -0.4 is 10.2 Å². The highest BCUT2D eigenvalue weighted by molar-refractivity contribution is 7.13. The van der Waals surface area contributed by atoms with Crippen molar-refractivity contribution in [2.24, 2.45) is 0 Å². The van der Waals surface area contributed by atoms with Gasteiger partial charge in [0.25, 0.3) is 0 Å². The Balaban J connectivity index is 0.000000141. The number of thiazole rings is 1. The van der Waals surface area contributed by atoms with Crippen molar-refractivity contribution >= 4 is 22.9 Å². The number of β-amino-alcohol motifs (C(OH)–C–C–N with tert-alkyl or cyclic N) is 1. The molecule has 106 valence electrons. The zero-order valence-electron chi connectivity index (χ0n) is 11.0. The Kier molecular flexibility index (Phi) is 5.60. The Morgan fingerprint density at radius 3 is 2.63 bits per heavy atom. The van der Waals surface area contributed by atoms with E-state index in [4.69, 9.17) is 5.11 Å². The highest BCUT2D eigenvalue weighted by Crippen LogP contribution is 2.22. The van der Waals surface area contributed by atoms with Crippen molar-refractivity contribution < 1.29 is 9.90 Å². The largest absolute Gasteiger partial charge is 0.389 e. The molecule has 19 heavy (non-hydrogen) atoms. The number of carbonyl (C=O) groups excluding carboxylic acids is 1. The van der Waals surface area contributed by atoms with Crippen molar-refractivity contribution in [3.05, 3.63) is 11.6 Å². The summed E-state index contributed by atoms with van der Waals surface area (Å²) in [6.07, 6.45) is 8.73. The Morgan fingerprint density at radius 1 is 1.37 bits per heavy atom. The average Bonchev–Trinajstić information content (AvgIpc) is 2.91. The summed E-state index contributed by atoms with van der Waals surface area (Å²) in [5, 5.41) is 14.7. The highest BCUT2D eigenvalue weighted by atomic mass is 32.1. The van der Waals surface area contributed by atoms with E-state index < -0.39 is 0 Å². The van der Waals surface area contributed by atoms with E-state index in [1.165, 1.54) is 32.1 Å². The van der Waals surface area contributed by atoms with E-state index in [9.17, 15) is 4.79 Å². The van der Waals surface area contributed by atoms with E-state index in [0.717, 1.165) is 24.6 Å². The maximum atomic E-state index is 9.96. The summed E-state index contributed by atoms with van der Waals surface area (Å²) in [4.78, 5) is 16.1.